The van der Waals surface area contributed by atoms with Crippen LogP contribution in [0.15, 0.2) is 24.3 Å². The van der Waals surface area contributed by atoms with E-state index in [1.54, 1.807) is 37.8 Å². The fourth-order valence-electron chi connectivity index (χ4n) is 2.83. The van der Waals surface area contributed by atoms with Gasteiger partial charge in [-0.1, -0.05) is 6.92 Å². The lowest BCUT2D eigenvalue weighted by Gasteiger charge is -2.30. The number of hydrogen-bond donors (Lipinski definition) is 1. The van der Waals surface area contributed by atoms with Gasteiger partial charge in [0.1, 0.15) is 5.60 Å². The Labute approximate surface area is 160 Å². The standard InChI is InChI=1S/C20H28N2O5/c1-14-6-5-11-22(12-14)17(23)13-26-18(24)15-7-9-16(10-8-15)21-19(25)27-20(2,3)4/h7-10,14H,5-6,11-13H2,1-4H3,(H,21,25)/t14-/m0/s1. The molecular formula is C20H28N2O5. The minimum Gasteiger partial charge on any atom is -0.452 e. The summed E-state index contributed by atoms with van der Waals surface area (Å²) in [5.41, 5.74) is 0.218. The number of anilines is 1. The van der Waals surface area contributed by atoms with Crippen molar-refractivity contribution in [1.29, 1.82) is 0 Å². The van der Waals surface area contributed by atoms with E-state index in [1.807, 2.05) is 0 Å². The first kappa shape index (κ1) is 20.7. The molecular weight excluding hydrogens is 348 g/mol. The maximum Gasteiger partial charge on any atom is 0.412 e. The van der Waals surface area contributed by atoms with Crippen molar-refractivity contribution in [1.82, 2.24) is 4.90 Å². The molecule has 7 heteroatoms. The number of benzene rings is 1. The van der Waals surface area contributed by atoms with E-state index < -0.39 is 17.7 Å². The number of piperidine rings is 1. The number of ether oxygens (including phenoxy) is 2. The van der Waals surface area contributed by atoms with Gasteiger partial charge in [0.05, 0.1) is 5.56 Å². The summed E-state index contributed by atoms with van der Waals surface area (Å²) in [6.07, 6.45) is 1.53. The van der Waals surface area contributed by atoms with Crippen molar-refractivity contribution < 1.29 is 23.9 Å². The summed E-state index contributed by atoms with van der Waals surface area (Å²) in [4.78, 5) is 37.7. The predicted molar refractivity (Wildman–Crippen MR) is 102 cm³/mol. The second-order valence-electron chi connectivity index (χ2n) is 7.87. The summed E-state index contributed by atoms with van der Waals surface area (Å²) >= 11 is 0. The number of carbonyl (C=O) groups excluding carboxylic acids is 3. The van der Waals surface area contributed by atoms with Gasteiger partial charge < -0.3 is 14.4 Å². The second-order valence-corrected chi connectivity index (χ2v) is 7.87. The average molecular weight is 376 g/mol. The summed E-state index contributed by atoms with van der Waals surface area (Å²) < 4.78 is 10.3. The zero-order chi connectivity index (χ0) is 20.0. The van der Waals surface area contributed by atoms with E-state index in [0.717, 1.165) is 12.8 Å². The Bertz CT molecular complexity index is 679. The minimum atomic E-state index is -0.591. The number of nitrogens with zero attached hydrogens (tertiary/aromatic N) is 1. The highest BCUT2D eigenvalue weighted by Gasteiger charge is 2.22. The highest BCUT2D eigenvalue weighted by atomic mass is 16.6. The summed E-state index contributed by atoms with van der Waals surface area (Å²) in [7, 11) is 0. The molecule has 0 spiro atoms. The number of likely N-dealkylation sites (tertiary alicyclic amines) is 1. The Morgan fingerprint density at radius 2 is 1.85 bits per heavy atom. The molecule has 148 valence electrons. The minimum absolute atomic E-state index is 0.168. The van der Waals surface area contributed by atoms with Crippen LogP contribution < -0.4 is 5.32 Å². The Balaban J connectivity index is 1.82. The zero-order valence-corrected chi connectivity index (χ0v) is 16.4. The molecule has 7 nitrogen and oxygen atoms in total. The smallest absolute Gasteiger partial charge is 0.412 e. The van der Waals surface area contributed by atoms with Gasteiger partial charge in [-0.3, -0.25) is 10.1 Å². The van der Waals surface area contributed by atoms with Crippen LogP contribution in [0, 0.1) is 5.92 Å². The molecule has 0 bridgehead atoms. The molecule has 1 heterocycles. The first-order valence-electron chi connectivity index (χ1n) is 9.19. The molecule has 2 amide bonds. The number of esters is 1. The third-order valence-corrected chi connectivity index (χ3v) is 4.10. The van der Waals surface area contributed by atoms with Gasteiger partial charge in [0.25, 0.3) is 5.91 Å². The Kier molecular flexibility index (Phi) is 6.82. The summed E-state index contributed by atoms with van der Waals surface area (Å²) in [5.74, 6) is -0.265. The molecule has 1 atom stereocenters. The molecule has 1 aliphatic heterocycles. The lowest BCUT2D eigenvalue weighted by molar-refractivity contribution is -0.136. The summed E-state index contributed by atoms with van der Waals surface area (Å²) in [5, 5.41) is 2.59. The van der Waals surface area contributed by atoms with Crippen LogP contribution in [-0.2, 0) is 14.3 Å². The molecule has 0 aliphatic carbocycles. The van der Waals surface area contributed by atoms with Crippen LogP contribution in [0.25, 0.3) is 0 Å². The molecule has 0 radical (unpaired) electrons. The quantitative estimate of drug-likeness (QED) is 0.814. The van der Waals surface area contributed by atoms with Gasteiger partial charge in [0.15, 0.2) is 6.61 Å². The number of amides is 2. The third kappa shape index (κ3) is 6.92. The molecule has 2 rings (SSSR count). The third-order valence-electron chi connectivity index (χ3n) is 4.10. The molecule has 1 aromatic carbocycles. The van der Waals surface area contributed by atoms with Crippen molar-refractivity contribution in [3.63, 3.8) is 0 Å². The average Bonchev–Trinajstić information content (AvgIpc) is 2.58. The molecule has 1 N–H and O–H groups in total. The van der Waals surface area contributed by atoms with Crippen LogP contribution in [0.2, 0.25) is 0 Å². The van der Waals surface area contributed by atoms with Crippen molar-refractivity contribution in [3.8, 4) is 0 Å². The fraction of sp³-hybridized carbons (Fsp3) is 0.550. The van der Waals surface area contributed by atoms with E-state index in [0.29, 0.717) is 30.3 Å². The SMILES string of the molecule is C[C@H]1CCCN(C(=O)COC(=O)c2ccc(NC(=O)OC(C)(C)C)cc2)C1. The van der Waals surface area contributed by atoms with Crippen molar-refractivity contribution in [3.05, 3.63) is 29.8 Å². The Morgan fingerprint density at radius 3 is 2.44 bits per heavy atom. The predicted octanol–water partition coefficient (Wildman–Crippen LogP) is 3.45. The lowest BCUT2D eigenvalue weighted by Crippen LogP contribution is -2.41. The lowest BCUT2D eigenvalue weighted by atomic mass is 10.0. The highest BCUT2D eigenvalue weighted by molar-refractivity contribution is 5.92. The molecule has 0 unspecified atom stereocenters. The highest BCUT2D eigenvalue weighted by Crippen LogP contribution is 2.16. The maximum absolute atomic E-state index is 12.2. The van der Waals surface area contributed by atoms with E-state index in [9.17, 15) is 14.4 Å². The second kappa shape index (κ2) is 8.88. The van der Waals surface area contributed by atoms with Crippen LogP contribution in [-0.4, -0.2) is 48.2 Å². The van der Waals surface area contributed by atoms with Crippen LogP contribution in [0.5, 0.6) is 0 Å². The first-order chi connectivity index (χ1) is 12.6. The molecule has 27 heavy (non-hydrogen) atoms. The molecule has 0 saturated carbocycles. The number of nitrogens with one attached hydrogen (secondary N) is 1. The van der Waals surface area contributed by atoms with Gasteiger partial charge in [-0.25, -0.2) is 9.59 Å². The van der Waals surface area contributed by atoms with E-state index in [2.05, 4.69) is 12.2 Å². The van der Waals surface area contributed by atoms with E-state index >= 15 is 0 Å². The van der Waals surface area contributed by atoms with Gasteiger partial charge in [0, 0.05) is 18.8 Å². The maximum atomic E-state index is 12.2. The van der Waals surface area contributed by atoms with Crippen molar-refractivity contribution in [2.24, 2.45) is 5.92 Å². The topological polar surface area (TPSA) is 84.9 Å². The van der Waals surface area contributed by atoms with E-state index in [-0.39, 0.29) is 12.5 Å². The molecule has 1 saturated heterocycles. The van der Waals surface area contributed by atoms with E-state index in [1.165, 1.54) is 12.1 Å². The molecule has 1 aromatic rings. The van der Waals surface area contributed by atoms with Crippen molar-refractivity contribution in [2.75, 3.05) is 25.0 Å². The normalized spacial score (nSPS) is 17.2. The van der Waals surface area contributed by atoms with Crippen molar-refractivity contribution in [2.45, 2.75) is 46.1 Å². The largest absolute Gasteiger partial charge is 0.452 e. The van der Waals surface area contributed by atoms with Crippen LogP contribution >= 0.6 is 0 Å². The monoisotopic (exact) mass is 376 g/mol. The van der Waals surface area contributed by atoms with Crippen LogP contribution in [0.3, 0.4) is 0 Å². The van der Waals surface area contributed by atoms with Gasteiger partial charge in [0.2, 0.25) is 0 Å². The first-order valence-corrected chi connectivity index (χ1v) is 9.19. The number of carbonyl (C=O) groups is 3. The van der Waals surface area contributed by atoms with Gasteiger partial charge >= 0.3 is 12.1 Å². The van der Waals surface area contributed by atoms with Crippen LogP contribution in [0.4, 0.5) is 10.5 Å². The van der Waals surface area contributed by atoms with Gasteiger partial charge in [-0.2, -0.15) is 0 Å². The molecule has 1 aliphatic rings. The zero-order valence-electron chi connectivity index (χ0n) is 16.4. The Morgan fingerprint density at radius 1 is 1.19 bits per heavy atom. The fourth-order valence-corrected chi connectivity index (χ4v) is 2.83. The van der Waals surface area contributed by atoms with Crippen LogP contribution in [0.1, 0.15) is 50.9 Å². The van der Waals surface area contributed by atoms with Crippen molar-refractivity contribution >= 4 is 23.7 Å². The molecule has 0 aromatic heterocycles. The van der Waals surface area contributed by atoms with Gasteiger partial charge in [-0.05, 0) is 63.8 Å². The van der Waals surface area contributed by atoms with E-state index in [4.69, 9.17) is 9.47 Å². The number of hydrogen-bond acceptors (Lipinski definition) is 5. The van der Waals surface area contributed by atoms with Gasteiger partial charge in [-0.15, -0.1) is 0 Å². The Hall–Kier alpha value is -2.57. The summed E-state index contributed by atoms with van der Waals surface area (Å²) in [6, 6.07) is 6.22. The summed E-state index contributed by atoms with van der Waals surface area (Å²) in [6.45, 7) is 8.60. The number of rotatable bonds is 4. The molecule has 1 fully saturated rings.